The zero-order valence-corrected chi connectivity index (χ0v) is 11.9. The van der Waals surface area contributed by atoms with Crippen molar-refractivity contribution < 1.29 is 19.4 Å². The molecule has 0 radical (unpaired) electrons. The molecule has 0 aromatic heterocycles. The van der Waals surface area contributed by atoms with Crippen LogP contribution in [0, 0.1) is 11.8 Å². The molecule has 1 amide bonds. The van der Waals surface area contributed by atoms with E-state index in [1.54, 1.807) is 24.3 Å². The van der Waals surface area contributed by atoms with Gasteiger partial charge < -0.3 is 20.0 Å². The molecule has 0 aliphatic heterocycles. The second-order valence-corrected chi connectivity index (χ2v) is 4.89. The van der Waals surface area contributed by atoms with Crippen LogP contribution in [0.3, 0.4) is 0 Å². The van der Waals surface area contributed by atoms with Crippen molar-refractivity contribution in [2.75, 3.05) is 11.9 Å². The monoisotopic (exact) mass is 288 g/mol. The molecule has 0 bridgehead atoms. The second-order valence-electron chi connectivity index (χ2n) is 4.89. The van der Waals surface area contributed by atoms with Crippen LogP contribution in [0.1, 0.15) is 19.8 Å². The summed E-state index contributed by atoms with van der Waals surface area (Å²) < 4.78 is 5.44. The highest BCUT2D eigenvalue weighted by molar-refractivity contribution is 5.96. The Balaban J connectivity index is 2.14. The van der Waals surface area contributed by atoms with E-state index >= 15 is 0 Å². The van der Waals surface area contributed by atoms with Crippen LogP contribution in [-0.2, 0) is 9.59 Å². The molecule has 2 atom stereocenters. The highest BCUT2D eigenvalue weighted by Crippen LogP contribution is 2.29. The Kier molecular flexibility index (Phi) is 4.98. The number of hydrogen-bond acceptors (Lipinski definition) is 4. The van der Waals surface area contributed by atoms with Crippen molar-refractivity contribution >= 4 is 17.6 Å². The van der Waals surface area contributed by atoms with Gasteiger partial charge in [0.2, 0.25) is 5.91 Å². The molecular formula is C16H18NO4-. The van der Waals surface area contributed by atoms with Crippen LogP contribution in [0.25, 0.3) is 0 Å². The van der Waals surface area contributed by atoms with Crippen LogP contribution < -0.4 is 15.2 Å². The number of carbonyl (C=O) groups excluding carboxylic acids is 2. The first-order valence-corrected chi connectivity index (χ1v) is 7.02. The number of carboxylic acid groups (broad SMARTS) is 1. The average Bonchev–Trinajstić information content (AvgIpc) is 2.49. The Labute approximate surface area is 123 Å². The summed E-state index contributed by atoms with van der Waals surface area (Å²) in [5.41, 5.74) is 0.552. The molecule has 1 aliphatic carbocycles. The van der Waals surface area contributed by atoms with Crippen molar-refractivity contribution in [3.05, 3.63) is 36.4 Å². The summed E-state index contributed by atoms with van der Waals surface area (Å²) in [5, 5.41) is 13.9. The van der Waals surface area contributed by atoms with Crippen LogP contribution in [-0.4, -0.2) is 18.5 Å². The van der Waals surface area contributed by atoms with Gasteiger partial charge in [0.15, 0.2) is 0 Å². The Morgan fingerprint density at radius 3 is 2.57 bits per heavy atom. The lowest BCUT2D eigenvalue weighted by Gasteiger charge is -2.28. The van der Waals surface area contributed by atoms with E-state index in [2.05, 4.69) is 5.32 Å². The second kappa shape index (κ2) is 6.92. The highest BCUT2D eigenvalue weighted by atomic mass is 16.5. The molecule has 2 rings (SSSR count). The Morgan fingerprint density at radius 1 is 1.24 bits per heavy atom. The fourth-order valence-electron chi connectivity index (χ4n) is 2.44. The van der Waals surface area contributed by atoms with Gasteiger partial charge >= 0.3 is 0 Å². The van der Waals surface area contributed by atoms with Crippen molar-refractivity contribution in [2.24, 2.45) is 11.8 Å². The number of anilines is 1. The van der Waals surface area contributed by atoms with E-state index in [0.29, 0.717) is 30.9 Å². The Morgan fingerprint density at radius 2 is 1.90 bits per heavy atom. The number of ether oxygens (including phenoxy) is 1. The van der Waals surface area contributed by atoms with E-state index in [-0.39, 0.29) is 5.91 Å². The maximum absolute atomic E-state index is 12.3. The van der Waals surface area contributed by atoms with Crippen LogP contribution in [0.5, 0.6) is 5.75 Å². The molecule has 0 spiro atoms. The van der Waals surface area contributed by atoms with Crippen LogP contribution in [0.2, 0.25) is 0 Å². The standard InChI is InChI=1S/C16H19NO4/c1-2-21-14-10-6-5-9-13(14)17-15(18)11-7-3-4-8-12(11)16(19)20/h3-6,9-12H,2,7-8H2,1H3,(H,17,18)(H,19,20)/p-1/t11-,12+/m0/s1. The molecule has 0 fully saturated rings. The first-order valence-electron chi connectivity index (χ1n) is 7.02. The Hall–Kier alpha value is -2.30. The predicted octanol–water partition coefficient (Wildman–Crippen LogP) is 1.36. The summed E-state index contributed by atoms with van der Waals surface area (Å²) in [6, 6.07) is 7.09. The van der Waals surface area contributed by atoms with Gasteiger partial charge in [-0.1, -0.05) is 24.3 Å². The van der Waals surface area contributed by atoms with Crippen LogP contribution in [0.15, 0.2) is 36.4 Å². The summed E-state index contributed by atoms with van der Waals surface area (Å²) in [5.74, 6) is -2.33. The van der Waals surface area contributed by atoms with Gasteiger partial charge in [0, 0.05) is 11.9 Å². The summed E-state index contributed by atoms with van der Waals surface area (Å²) in [4.78, 5) is 23.5. The van der Waals surface area contributed by atoms with Crippen molar-refractivity contribution in [3.8, 4) is 5.75 Å². The normalized spacial score (nSPS) is 20.8. The number of hydrogen-bond donors (Lipinski definition) is 1. The molecule has 0 saturated heterocycles. The summed E-state index contributed by atoms with van der Waals surface area (Å²) in [6.45, 7) is 2.34. The van der Waals surface area contributed by atoms with E-state index in [1.807, 2.05) is 19.1 Å². The van der Waals surface area contributed by atoms with Gasteiger partial charge in [-0.05, 0) is 31.9 Å². The number of benzene rings is 1. The molecule has 0 saturated carbocycles. The number of rotatable bonds is 5. The molecule has 1 aromatic carbocycles. The molecule has 0 unspecified atom stereocenters. The van der Waals surface area contributed by atoms with Gasteiger partial charge in [-0.2, -0.15) is 0 Å². The third-order valence-corrected chi connectivity index (χ3v) is 3.52. The third-order valence-electron chi connectivity index (χ3n) is 3.52. The lowest BCUT2D eigenvalue weighted by atomic mass is 9.82. The van der Waals surface area contributed by atoms with E-state index in [9.17, 15) is 14.7 Å². The van der Waals surface area contributed by atoms with Crippen molar-refractivity contribution in [1.82, 2.24) is 0 Å². The molecule has 0 heterocycles. The summed E-state index contributed by atoms with van der Waals surface area (Å²) in [6.07, 6.45) is 4.34. The number of aliphatic carboxylic acids is 1. The topological polar surface area (TPSA) is 78.5 Å². The van der Waals surface area contributed by atoms with Gasteiger partial charge in [-0.15, -0.1) is 0 Å². The minimum atomic E-state index is -1.18. The number of carboxylic acids is 1. The van der Waals surface area contributed by atoms with Gasteiger partial charge in [-0.3, -0.25) is 4.79 Å². The van der Waals surface area contributed by atoms with E-state index < -0.39 is 17.8 Å². The molecule has 1 aromatic rings. The molecule has 112 valence electrons. The number of para-hydroxylation sites is 2. The van der Waals surface area contributed by atoms with E-state index in [4.69, 9.17) is 4.74 Å². The quantitative estimate of drug-likeness (QED) is 0.830. The number of carbonyl (C=O) groups is 2. The number of allylic oxidation sites excluding steroid dienone is 2. The molecular weight excluding hydrogens is 270 g/mol. The fraction of sp³-hybridized carbons (Fsp3) is 0.375. The maximum atomic E-state index is 12.3. The lowest BCUT2D eigenvalue weighted by molar-refractivity contribution is -0.313. The number of amides is 1. The van der Waals surface area contributed by atoms with Crippen molar-refractivity contribution in [3.63, 3.8) is 0 Å². The first kappa shape index (κ1) is 15.1. The lowest BCUT2D eigenvalue weighted by Crippen LogP contribution is -2.41. The van der Waals surface area contributed by atoms with Gasteiger partial charge in [0.25, 0.3) is 0 Å². The van der Waals surface area contributed by atoms with E-state index in [0.717, 1.165) is 0 Å². The molecule has 1 N–H and O–H groups in total. The Bertz CT molecular complexity index is 553. The fourth-order valence-corrected chi connectivity index (χ4v) is 2.44. The van der Waals surface area contributed by atoms with Crippen molar-refractivity contribution in [2.45, 2.75) is 19.8 Å². The molecule has 5 nitrogen and oxygen atoms in total. The molecule has 5 heteroatoms. The predicted molar refractivity (Wildman–Crippen MR) is 76.6 cm³/mol. The van der Waals surface area contributed by atoms with Crippen LogP contribution in [0.4, 0.5) is 5.69 Å². The first-order chi connectivity index (χ1) is 10.1. The maximum Gasteiger partial charge on any atom is 0.228 e. The largest absolute Gasteiger partial charge is 0.550 e. The summed E-state index contributed by atoms with van der Waals surface area (Å²) in [7, 11) is 0. The zero-order valence-electron chi connectivity index (χ0n) is 11.9. The van der Waals surface area contributed by atoms with Crippen LogP contribution >= 0.6 is 0 Å². The number of nitrogens with one attached hydrogen (secondary N) is 1. The van der Waals surface area contributed by atoms with Crippen molar-refractivity contribution in [1.29, 1.82) is 0 Å². The molecule has 21 heavy (non-hydrogen) atoms. The summed E-state index contributed by atoms with van der Waals surface area (Å²) >= 11 is 0. The third kappa shape index (κ3) is 3.62. The smallest absolute Gasteiger partial charge is 0.228 e. The average molecular weight is 288 g/mol. The zero-order chi connectivity index (χ0) is 15.2. The van der Waals surface area contributed by atoms with Gasteiger partial charge in [0.05, 0.1) is 18.2 Å². The van der Waals surface area contributed by atoms with Gasteiger partial charge in [-0.25, -0.2) is 0 Å². The highest BCUT2D eigenvalue weighted by Gasteiger charge is 2.30. The SMILES string of the molecule is CCOc1ccccc1NC(=O)[C@H]1CC=CC[C@H]1C(=O)[O-]. The van der Waals surface area contributed by atoms with E-state index in [1.165, 1.54) is 0 Å². The minimum absolute atomic E-state index is 0.319. The minimum Gasteiger partial charge on any atom is -0.550 e. The molecule has 1 aliphatic rings. The van der Waals surface area contributed by atoms with Gasteiger partial charge in [0.1, 0.15) is 5.75 Å².